The summed E-state index contributed by atoms with van der Waals surface area (Å²) in [5.41, 5.74) is 5.89. The molecule has 0 aliphatic heterocycles. The molecule has 0 saturated carbocycles. The van der Waals surface area contributed by atoms with Gasteiger partial charge in [0.1, 0.15) is 0 Å². The quantitative estimate of drug-likeness (QED) is 0.619. The van der Waals surface area contributed by atoms with Gasteiger partial charge in [-0.1, -0.05) is 67.6 Å². The second kappa shape index (κ2) is 3.58. The van der Waals surface area contributed by atoms with Gasteiger partial charge in [0.25, 0.3) is 0 Å². The van der Waals surface area contributed by atoms with Gasteiger partial charge in [-0.2, -0.15) is 0 Å². The molecule has 88 valence electrons. The average Bonchev–Trinajstić information content (AvgIpc) is 2.63. The highest BCUT2D eigenvalue weighted by Crippen LogP contribution is 2.53. The molecule has 18 heavy (non-hydrogen) atoms. The second-order valence-corrected chi connectivity index (χ2v) is 5.47. The molecule has 1 aromatic carbocycles. The third-order valence-corrected chi connectivity index (χ3v) is 4.51. The Bertz CT molecular complexity index is 610. The summed E-state index contributed by atoms with van der Waals surface area (Å²) in [7, 11) is 0. The molecule has 0 fully saturated rings. The zero-order valence-electron chi connectivity index (χ0n) is 10.5. The number of hydrogen-bond acceptors (Lipinski definition) is 0. The summed E-state index contributed by atoms with van der Waals surface area (Å²) in [5.74, 6) is 1.79. The molecule has 3 unspecified atom stereocenters. The number of rotatable bonds is 0. The summed E-state index contributed by atoms with van der Waals surface area (Å²) in [4.78, 5) is 0. The fourth-order valence-corrected chi connectivity index (χ4v) is 3.63. The average molecular weight is 232 g/mol. The minimum Gasteiger partial charge on any atom is -0.0811 e. The summed E-state index contributed by atoms with van der Waals surface area (Å²) in [6.45, 7) is 2.33. The molecule has 0 heteroatoms. The molecule has 3 atom stereocenters. The van der Waals surface area contributed by atoms with Crippen molar-refractivity contribution in [1.29, 1.82) is 0 Å². The van der Waals surface area contributed by atoms with Crippen LogP contribution in [-0.4, -0.2) is 0 Å². The van der Waals surface area contributed by atoms with Gasteiger partial charge in [0.2, 0.25) is 0 Å². The Morgan fingerprint density at radius 2 is 1.44 bits per heavy atom. The topological polar surface area (TPSA) is 0 Å². The van der Waals surface area contributed by atoms with Crippen LogP contribution in [0.4, 0.5) is 0 Å². The molecule has 0 nitrogen and oxygen atoms in total. The maximum atomic E-state index is 2.38. The van der Waals surface area contributed by atoms with Gasteiger partial charge < -0.3 is 0 Å². The van der Waals surface area contributed by atoms with E-state index >= 15 is 0 Å². The first kappa shape index (κ1) is 10.1. The summed E-state index contributed by atoms with van der Waals surface area (Å²) in [5, 5.41) is 0. The Hall–Kier alpha value is -1.82. The zero-order chi connectivity index (χ0) is 12.1. The van der Waals surface area contributed by atoms with Gasteiger partial charge in [-0.25, -0.2) is 0 Å². The van der Waals surface area contributed by atoms with Gasteiger partial charge in [0.15, 0.2) is 0 Å². The lowest BCUT2D eigenvalue weighted by atomic mass is 9.75. The Labute approximate surface area is 108 Å². The molecule has 0 N–H and O–H groups in total. The van der Waals surface area contributed by atoms with Crippen molar-refractivity contribution in [2.75, 3.05) is 0 Å². The number of fused-ring (bicyclic) bond motifs is 3. The smallest absolute Gasteiger partial charge is 0.0170 e. The maximum absolute atomic E-state index is 2.38. The van der Waals surface area contributed by atoms with Crippen LogP contribution in [-0.2, 0) is 0 Å². The van der Waals surface area contributed by atoms with Crippen LogP contribution in [0.15, 0.2) is 60.7 Å². The van der Waals surface area contributed by atoms with Gasteiger partial charge >= 0.3 is 0 Å². The number of allylic oxidation sites excluding steroid dienone is 8. The van der Waals surface area contributed by atoms with E-state index in [2.05, 4.69) is 67.6 Å². The molecule has 3 aliphatic carbocycles. The summed E-state index contributed by atoms with van der Waals surface area (Å²) < 4.78 is 0. The maximum Gasteiger partial charge on any atom is 0.0170 e. The molecule has 0 radical (unpaired) electrons. The van der Waals surface area contributed by atoms with E-state index in [0.717, 1.165) is 0 Å². The van der Waals surface area contributed by atoms with Crippen molar-refractivity contribution in [3.8, 4) is 0 Å². The second-order valence-electron chi connectivity index (χ2n) is 5.47. The van der Waals surface area contributed by atoms with Gasteiger partial charge in [-0.05, 0) is 34.1 Å². The summed E-state index contributed by atoms with van der Waals surface area (Å²) in [6, 6.07) is 8.83. The summed E-state index contributed by atoms with van der Waals surface area (Å²) >= 11 is 0. The summed E-state index contributed by atoms with van der Waals surface area (Å²) in [6.07, 6.45) is 13.8. The monoisotopic (exact) mass is 232 g/mol. The highest BCUT2D eigenvalue weighted by atomic mass is 14.4. The molecule has 1 aromatic rings. The fraction of sp³-hybridized carbons (Fsp3) is 0.222. The minimum absolute atomic E-state index is 0.567. The highest BCUT2D eigenvalue weighted by Gasteiger charge is 2.38. The van der Waals surface area contributed by atoms with Crippen LogP contribution in [0.2, 0.25) is 0 Å². The standard InChI is InChI=1S/C18H16/c1-12-6-4-10-16-14-7-2-3-8-15(14)17-11-5-9-13(12)18(16)17/h2-13,18H,1H3. The molecule has 0 saturated heterocycles. The van der Waals surface area contributed by atoms with Crippen LogP contribution in [0.3, 0.4) is 0 Å². The number of benzene rings is 1. The van der Waals surface area contributed by atoms with Crippen LogP contribution in [0.25, 0.3) is 11.1 Å². The lowest BCUT2D eigenvalue weighted by Crippen LogP contribution is -2.19. The Balaban J connectivity index is 2.01. The van der Waals surface area contributed by atoms with Gasteiger partial charge in [-0.3, -0.25) is 0 Å². The lowest BCUT2D eigenvalue weighted by Gasteiger charge is -2.28. The molecule has 0 amide bonds. The zero-order valence-corrected chi connectivity index (χ0v) is 10.5. The first-order valence-electron chi connectivity index (χ1n) is 6.73. The van der Waals surface area contributed by atoms with E-state index in [0.29, 0.717) is 17.8 Å². The van der Waals surface area contributed by atoms with Gasteiger partial charge in [-0.15, -0.1) is 0 Å². The van der Waals surface area contributed by atoms with E-state index in [9.17, 15) is 0 Å². The molecule has 4 rings (SSSR count). The SMILES string of the molecule is CC1C=CC=C2c3ccccc3C3=CC=CC1C23. The van der Waals surface area contributed by atoms with Crippen LogP contribution >= 0.6 is 0 Å². The first-order chi connectivity index (χ1) is 8.86. The van der Waals surface area contributed by atoms with E-state index < -0.39 is 0 Å². The molecule has 3 aliphatic rings. The highest BCUT2D eigenvalue weighted by molar-refractivity contribution is 5.96. The van der Waals surface area contributed by atoms with E-state index in [4.69, 9.17) is 0 Å². The van der Waals surface area contributed by atoms with E-state index in [1.165, 1.54) is 22.3 Å². The number of hydrogen-bond donors (Lipinski definition) is 0. The van der Waals surface area contributed by atoms with Crippen molar-refractivity contribution in [2.45, 2.75) is 6.92 Å². The van der Waals surface area contributed by atoms with Crippen molar-refractivity contribution >= 4 is 11.1 Å². The van der Waals surface area contributed by atoms with E-state index in [-0.39, 0.29) is 0 Å². The van der Waals surface area contributed by atoms with Crippen LogP contribution in [0, 0.1) is 17.8 Å². The minimum atomic E-state index is 0.567. The normalized spacial score (nSPS) is 31.3. The molecule has 0 spiro atoms. The third kappa shape index (κ3) is 1.21. The lowest BCUT2D eigenvalue weighted by molar-refractivity contribution is 0.468. The Morgan fingerprint density at radius 3 is 2.11 bits per heavy atom. The van der Waals surface area contributed by atoms with E-state index in [1.54, 1.807) is 0 Å². The van der Waals surface area contributed by atoms with Gasteiger partial charge in [0, 0.05) is 5.92 Å². The van der Waals surface area contributed by atoms with Crippen molar-refractivity contribution in [1.82, 2.24) is 0 Å². The third-order valence-electron chi connectivity index (χ3n) is 4.51. The van der Waals surface area contributed by atoms with Crippen LogP contribution in [0.1, 0.15) is 18.1 Å². The van der Waals surface area contributed by atoms with Crippen LogP contribution < -0.4 is 0 Å². The largest absolute Gasteiger partial charge is 0.0811 e. The van der Waals surface area contributed by atoms with Crippen molar-refractivity contribution < 1.29 is 0 Å². The fourth-order valence-electron chi connectivity index (χ4n) is 3.63. The Kier molecular flexibility index (Phi) is 2.02. The molecular weight excluding hydrogens is 216 g/mol. The predicted molar refractivity (Wildman–Crippen MR) is 76.8 cm³/mol. The van der Waals surface area contributed by atoms with Crippen molar-refractivity contribution in [2.24, 2.45) is 17.8 Å². The van der Waals surface area contributed by atoms with Crippen molar-refractivity contribution in [3.05, 3.63) is 71.8 Å². The molecule has 0 aromatic heterocycles. The first-order valence-corrected chi connectivity index (χ1v) is 6.73. The van der Waals surface area contributed by atoms with Crippen LogP contribution in [0.5, 0.6) is 0 Å². The Morgan fingerprint density at radius 1 is 0.833 bits per heavy atom. The predicted octanol–water partition coefficient (Wildman–Crippen LogP) is 4.48. The van der Waals surface area contributed by atoms with Gasteiger partial charge in [0.05, 0.1) is 0 Å². The molecule has 0 heterocycles. The molecule has 0 bridgehead atoms. The van der Waals surface area contributed by atoms with E-state index in [1.807, 2.05) is 0 Å². The van der Waals surface area contributed by atoms with Crippen molar-refractivity contribution in [3.63, 3.8) is 0 Å². The molecular formula is C18H16.